The summed E-state index contributed by atoms with van der Waals surface area (Å²) < 4.78 is 0. The molecule has 0 heterocycles. The third-order valence-electron chi connectivity index (χ3n) is 6.55. The van der Waals surface area contributed by atoms with E-state index in [1.54, 1.807) is 27.8 Å². The van der Waals surface area contributed by atoms with Gasteiger partial charge in [0.25, 0.3) is 0 Å². The number of fused-ring (bicyclic) bond motifs is 1. The van der Waals surface area contributed by atoms with E-state index in [0.717, 1.165) is 17.8 Å². The Morgan fingerprint density at radius 1 is 1.04 bits per heavy atom. The van der Waals surface area contributed by atoms with Crippen molar-refractivity contribution in [2.75, 3.05) is 0 Å². The molecule has 0 saturated heterocycles. The van der Waals surface area contributed by atoms with Crippen molar-refractivity contribution in [3.8, 4) is 0 Å². The van der Waals surface area contributed by atoms with Crippen LogP contribution in [0.4, 0.5) is 0 Å². The number of hydrogen-bond donors (Lipinski definition) is 0. The minimum atomic E-state index is 0.826. The third-order valence-corrected chi connectivity index (χ3v) is 6.55. The van der Waals surface area contributed by atoms with Crippen LogP contribution in [0.2, 0.25) is 0 Å². The van der Waals surface area contributed by atoms with Crippen molar-refractivity contribution in [2.45, 2.75) is 85.5 Å². The van der Waals surface area contributed by atoms with E-state index in [1.807, 2.05) is 0 Å². The summed E-state index contributed by atoms with van der Waals surface area (Å²) in [6.45, 7) is 9.56. The first kappa shape index (κ1) is 17.8. The fourth-order valence-corrected chi connectivity index (χ4v) is 4.81. The van der Waals surface area contributed by atoms with Gasteiger partial charge < -0.3 is 0 Å². The van der Waals surface area contributed by atoms with E-state index in [-0.39, 0.29) is 0 Å². The van der Waals surface area contributed by atoms with E-state index < -0.39 is 0 Å². The summed E-state index contributed by atoms with van der Waals surface area (Å²) in [6.07, 6.45) is 14.6. The average molecular weight is 325 g/mol. The van der Waals surface area contributed by atoms with Gasteiger partial charge in [0.1, 0.15) is 0 Å². The molecule has 0 nitrogen and oxygen atoms in total. The molecule has 1 aromatic carbocycles. The van der Waals surface area contributed by atoms with Crippen LogP contribution < -0.4 is 0 Å². The van der Waals surface area contributed by atoms with Crippen molar-refractivity contribution < 1.29 is 0 Å². The molecule has 0 radical (unpaired) electrons. The van der Waals surface area contributed by atoms with Gasteiger partial charge in [0.2, 0.25) is 0 Å². The standard InChI is InChI=1S/C24H36/c1-5-6-21-13-14-22-12-9-18(3)15-23(22)24(21)16-19(4)20-10-7-17(2)8-11-20/h13-14,16-18,20H,5-12,15H2,1-4H3/b19-16+. The molecule has 1 unspecified atom stereocenters. The molecule has 1 saturated carbocycles. The summed E-state index contributed by atoms with van der Waals surface area (Å²) in [5, 5.41) is 0. The minimum Gasteiger partial charge on any atom is -0.0696 e. The van der Waals surface area contributed by atoms with Gasteiger partial charge in [-0.3, -0.25) is 0 Å². The second-order valence-electron chi connectivity index (χ2n) is 8.72. The van der Waals surface area contributed by atoms with Gasteiger partial charge in [0, 0.05) is 0 Å². The summed E-state index contributed by atoms with van der Waals surface area (Å²) in [7, 11) is 0. The average Bonchev–Trinajstić information content (AvgIpc) is 2.57. The van der Waals surface area contributed by atoms with Crippen molar-refractivity contribution in [1.29, 1.82) is 0 Å². The van der Waals surface area contributed by atoms with E-state index in [1.165, 1.54) is 57.8 Å². The summed E-state index contributed by atoms with van der Waals surface area (Å²) >= 11 is 0. The molecular weight excluding hydrogens is 288 g/mol. The smallest absolute Gasteiger partial charge is 0.0190 e. The highest BCUT2D eigenvalue weighted by molar-refractivity contribution is 5.63. The Morgan fingerprint density at radius 3 is 2.50 bits per heavy atom. The van der Waals surface area contributed by atoms with E-state index in [0.29, 0.717) is 0 Å². The fourth-order valence-electron chi connectivity index (χ4n) is 4.81. The molecule has 0 spiro atoms. The largest absolute Gasteiger partial charge is 0.0696 e. The Hall–Kier alpha value is -1.04. The van der Waals surface area contributed by atoms with Crippen molar-refractivity contribution in [3.05, 3.63) is 40.0 Å². The Bertz CT molecular complexity index is 584. The number of allylic oxidation sites excluding steroid dienone is 1. The molecule has 1 atom stereocenters. The molecule has 2 aliphatic rings. The van der Waals surface area contributed by atoms with Gasteiger partial charge in [-0.25, -0.2) is 0 Å². The molecule has 0 amide bonds. The van der Waals surface area contributed by atoms with Gasteiger partial charge >= 0.3 is 0 Å². The Kier molecular flexibility index (Phi) is 5.85. The van der Waals surface area contributed by atoms with Gasteiger partial charge in [-0.2, -0.15) is 0 Å². The predicted octanol–water partition coefficient (Wildman–Crippen LogP) is 6.99. The minimum absolute atomic E-state index is 0.826. The second-order valence-corrected chi connectivity index (χ2v) is 8.72. The van der Waals surface area contributed by atoms with Crippen molar-refractivity contribution in [1.82, 2.24) is 0 Å². The van der Waals surface area contributed by atoms with Crippen molar-refractivity contribution in [2.24, 2.45) is 17.8 Å². The monoisotopic (exact) mass is 324 g/mol. The van der Waals surface area contributed by atoms with Gasteiger partial charge in [-0.15, -0.1) is 0 Å². The maximum absolute atomic E-state index is 2.60. The van der Waals surface area contributed by atoms with Crippen LogP contribution in [0.25, 0.3) is 6.08 Å². The molecule has 0 aliphatic heterocycles. The molecular formula is C24H36. The molecule has 0 aromatic heterocycles. The fraction of sp³-hybridized carbons (Fsp3) is 0.667. The maximum Gasteiger partial charge on any atom is -0.0190 e. The highest BCUT2D eigenvalue weighted by atomic mass is 14.3. The van der Waals surface area contributed by atoms with Crippen LogP contribution in [0.15, 0.2) is 17.7 Å². The highest BCUT2D eigenvalue weighted by Crippen LogP contribution is 2.36. The molecule has 1 fully saturated rings. The summed E-state index contributed by atoms with van der Waals surface area (Å²) in [4.78, 5) is 0. The maximum atomic E-state index is 2.60. The van der Waals surface area contributed by atoms with Gasteiger partial charge in [-0.1, -0.05) is 63.8 Å². The SMILES string of the molecule is CCCc1ccc2c(c1/C=C(\C)C1CCC(C)CC1)CC(C)CC2. The molecule has 1 aromatic rings. The van der Waals surface area contributed by atoms with E-state index >= 15 is 0 Å². The van der Waals surface area contributed by atoms with Crippen molar-refractivity contribution >= 4 is 6.08 Å². The van der Waals surface area contributed by atoms with E-state index in [4.69, 9.17) is 0 Å². The highest BCUT2D eigenvalue weighted by Gasteiger charge is 2.22. The third kappa shape index (κ3) is 3.95. The van der Waals surface area contributed by atoms with Crippen LogP contribution in [0, 0.1) is 17.8 Å². The molecule has 24 heavy (non-hydrogen) atoms. The summed E-state index contributed by atoms with van der Waals surface area (Å²) in [5.74, 6) is 2.61. The van der Waals surface area contributed by atoms with Gasteiger partial charge in [0.15, 0.2) is 0 Å². The van der Waals surface area contributed by atoms with Crippen LogP contribution in [0.1, 0.15) is 88.5 Å². The predicted molar refractivity (Wildman–Crippen MR) is 106 cm³/mol. The summed E-state index contributed by atoms with van der Waals surface area (Å²) in [5.41, 5.74) is 8.16. The normalized spacial score (nSPS) is 27.8. The Labute approximate surface area is 149 Å². The molecule has 132 valence electrons. The molecule has 0 bridgehead atoms. The lowest BCUT2D eigenvalue weighted by Gasteiger charge is -2.28. The Balaban J connectivity index is 1.94. The zero-order chi connectivity index (χ0) is 17.1. The van der Waals surface area contributed by atoms with Crippen LogP contribution in [0.3, 0.4) is 0 Å². The number of hydrogen-bond acceptors (Lipinski definition) is 0. The Morgan fingerprint density at radius 2 is 1.79 bits per heavy atom. The topological polar surface area (TPSA) is 0 Å². The first-order valence-electron chi connectivity index (χ1n) is 10.4. The molecule has 0 N–H and O–H groups in total. The van der Waals surface area contributed by atoms with E-state index in [2.05, 4.69) is 45.9 Å². The van der Waals surface area contributed by atoms with Crippen molar-refractivity contribution in [3.63, 3.8) is 0 Å². The lowest BCUT2D eigenvalue weighted by Crippen LogP contribution is -2.15. The number of aryl methyl sites for hydroxylation is 2. The van der Waals surface area contributed by atoms with Crippen LogP contribution in [-0.2, 0) is 19.3 Å². The molecule has 0 heteroatoms. The summed E-state index contributed by atoms with van der Waals surface area (Å²) in [6, 6.07) is 4.86. The van der Waals surface area contributed by atoms with E-state index in [9.17, 15) is 0 Å². The zero-order valence-electron chi connectivity index (χ0n) is 16.3. The first-order valence-corrected chi connectivity index (χ1v) is 10.4. The van der Waals surface area contributed by atoms with Crippen LogP contribution >= 0.6 is 0 Å². The second kappa shape index (κ2) is 7.89. The lowest BCUT2D eigenvalue weighted by atomic mass is 9.77. The van der Waals surface area contributed by atoms with Crippen LogP contribution in [-0.4, -0.2) is 0 Å². The molecule has 3 rings (SSSR count). The molecule has 2 aliphatic carbocycles. The quantitative estimate of drug-likeness (QED) is 0.559. The van der Waals surface area contributed by atoms with Crippen LogP contribution in [0.5, 0.6) is 0 Å². The van der Waals surface area contributed by atoms with Gasteiger partial charge in [0.05, 0.1) is 0 Å². The number of rotatable bonds is 4. The zero-order valence-corrected chi connectivity index (χ0v) is 16.3. The lowest BCUT2D eigenvalue weighted by molar-refractivity contribution is 0.321. The van der Waals surface area contributed by atoms with Gasteiger partial charge in [-0.05, 0) is 85.5 Å². The first-order chi connectivity index (χ1) is 11.6. The number of benzene rings is 1.